The van der Waals surface area contributed by atoms with Gasteiger partial charge < -0.3 is 4.74 Å². The van der Waals surface area contributed by atoms with Crippen molar-refractivity contribution in [1.82, 2.24) is 0 Å². The lowest BCUT2D eigenvalue weighted by molar-refractivity contribution is 0.232. The molecule has 1 aliphatic rings. The lowest BCUT2D eigenvalue weighted by Gasteiger charge is -2.08. The molecule has 0 atom stereocenters. The third kappa shape index (κ3) is 4.40. The molecule has 0 aromatic heterocycles. The molecule has 0 unspecified atom stereocenters. The molecule has 0 saturated heterocycles. The number of allylic oxidation sites excluding steroid dienone is 1. The second-order valence-corrected chi connectivity index (χ2v) is 2.43. The van der Waals surface area contributed by atoms with Crippen molar-refractivity contribution in [2.75, 3.05) is 12.4 Å². The maximum absolute atomic E-state index is 5.12. The Hall–Kier alpha value is -0.110. The molecule has 0 radical (unpaired) electrons. The van der Waals surface area contributed by atoms with Gasteiger partial charge in [0.15, 0.2) is 0 Å². The van der Waals surface area contributed by atoms with Gasteiger partial charge in [0.05, 0.1) is 12.4 Å². The Morgan fingerprint density at radius 3 is 2.44 bits per heavy atom. The predicted molar refractivity (Wildman–Crippen MR) is 43.5 cm³/mol. The van der Waals surface area contributed by atoms with Gasteiger partial charge in [-0.25, -0.2) is 0 Å². The van der Waals surface area contributed by atoms with E-state index in [1.807, 2.05) is 37.9 Å². The average Bonchev–Trinajstić information content (AvgIpc) is 1.94. The molecule has 0 saturated carbocycles. The quantitative estimate of drug-likeness (QED) is 0.519. The van der Waals surface area contributed by atoms with Crippen LogP contribution in [0, 0.1) is 0 Å². The van der Waals surface area contributed by atoms with E-state index in [-0.39, 0.29) is 0 Å². The largest absolute Gasteiger partial charge is 0.497 e. The third-order valence-electron chi connectivity index (χ3n) is 0.780. The summed E-state index contributed by atoms with van der Waals surface area (Å²) in [5.74, 6) is 2.16. The molecule has 0 amide bonds. The van der Waals surface area contributed by atoms with Crippen LogP contribution in [0.3, 0.4) is 0 Å². The van der Waals surface area contributed by atoms with Gasteiger partial charge in [0, 0.05) is 11.2 Å². The Kier molecular flexibility index (Phi) is 5.94. The van der Waals surface area contributed by atoms with Crippen LogP contribution < -0.4 is 0 Å². The van der Waals surface area contributed by atoms with E-state index in [0.29, 0.717) is 0 Å². The van der Waals surface area contributed by atoms with Crippen LogP contribution in [0.2, 0.25) is 0 Å². The minimum Gasteiger partial charge on any atom is -0.497 e. The van der Waals surface area contributed by atoms with Gasteiger partial charge in [-0.15, -0.1) is 11.8 Å². The van der Waals surface area contributed by atoms with E-state index >= 15 is 0 Å². The fraction of sp³-hybridized carbons (Fsp3) is 0.714. The van der Waals surface area contributed by atoms with Crippen molar-refractivity contribution in [1.29, 1.82) is 0 Å². The van der Waals surface area contributed by atoms with Crippen molar-refractivity contribution in [3.05, 3.63) is 11.2 Å². The summed E-state index contributed by atoms with van der Waals surface area (Å²) in [4.78, 5) is 0. The molecule has 1 nitrogen and oxygen atoms in total. The van der Waals surface area contributed by atoms with E-state index in [4.69, 9.17) is 4.74 Å². The zero-order valence-corrected chi connectivity index (χ0v) is 7.12. The van der Waals surface area contributed by atoms with Crippen molar-refractivity contribution >= 4 is 11.8 Å². The van der Waals surface area contributed by atoms with Crippen LogP contribution in [0.1, 0.15) is 20.8 Å². The van der Waals surface area contributed by atoms with Crippen LogP contribution in [0.5, 0.6) is 0 Å². The molecule has 9 heavy (non-hydrogen) atoms. The standard InChI is InChI=1S/C5H8OS.C2H6/c1-5-4-7-3-2-6-5;1-2/h4H,2-3H2,1H3;1-2H3. The maximum Gasteiger partial charge on any atom is 0.0992 e. The normalized spacial score (nSPS) is 16.6. The van der Waals surface area contributed by atoms with E-state index in [1.165, 1.54) is 0 Å². The highest BCUT2D eigenvalue weighted by molar-refractivity contribution is 8.02. The van der Waals surface area contributed by atoms with Gasteiger partial charge >= 0.3 is 0 Å². The molecule has 0 aromatic rings. The topological polar surface area (TPSA) is 9.23 Å². The van der Waals surface area contributed by atoms with E-state index < -0.39 is 0 Å². The fourth-order valence-corrected chi connectivity index (χ4v) is 1.06. The van der Waals surface area contributed by atoms with Crippen molar-refractivity contribution < 1.29 is 4.74 Å². The monoisotopic (exact) mass is 146 g/mol. The molecule has 0 spiro atoms. The number of ether oxygens (including phenoxy) is 1. The molecule has 1 heterocycles. The second-order valence-electron chi connectivity index (χ2n) is 1.45. The van der Waals surface area contributed by atoms with Gasteiger partial charge in [-0.3, -0.25) is 0 Å². The average molecular weight is 146 g/mol. The number of rotatable bonds is 0. The number of thioether (sulfide) groups is 1. The molecule has 0 aliphatic carbocycles. The van der Waals surface area contributed by atoms with E-state index in [9.17, 15) is 0 Å². The zero-order valence-electron chi connectivity index (χ0n) is 6.31. The summed E-state index contributed by atoms with van der Waals surface area (Å²) in [7, 11) is 0. The summed E-state index contributed by atoms with van der Waals surface area (Å²) in [5.41, 5.74) is 0. The summed E-state index contributed by atoms with van der Waals surface area (Å²) in [6, 6.07) is 0. The molecule has 0 fully saturated rings. The highest BCUT2D eigenvalue weighted by Gasteiger charge is 1.95. The van der Waals surface area contributed by atoms with Crippen molar-refractivity contribution in [2.24, 2.45) is 0 Å². The van der Waals surface area contributed by atoms with Gasteiger partial charge in [0.25, 0.3) is 0 Å². The van der Waals surface area contributed by atoms with Gasteiger partial charge in [0.1, 0.15) is 0 Å². The first kappa shape index (κ1) is 8.89. The summed E-state index contributed by atoms with van der Waals surface area (Å²) < 4.78 is 5.12. The van der Waals surface area contributed by atoms with Crippen molar-refractivity contribution in [3.8, 4) is 0 Å². The molecular formula is C7H14OS. The summed E-state index contributed by atoms with van der Waals surface area (Å²) in [6.07, 6.45) is 0. The molecule has 2 heteroatoms. The number of hydrogen-bond acceptors (Lipinski definition) is 2. The van der Waals surface area contributed by atoms with Crippen LogP contribution >= 0.6 is 11.8 Å². The minimum absolute atomic E-state index is 0.882. The highest BCUT2D eigenvalue weighted by atomic mass is 32.2. The summed E-state index contributed by atoms with van der Waals surface area (Å²) in [5, 5.41) is 2.05. The van der Waals surface area contributed by atoms with E-state index in [1.54, 1.807) is 0 Å². The lowest BCUT2D eigenvalue weighted by Crippen LogP contribution is -1.98. The molecule has 54 valence electrons. The second kappa shape index (κ2) is 6.02. The first-order valence-electron chi connectivity index (χ1n) is 3.31. The van der Waals surface area contributed by atoms with Crippen LogP contribution in [-0.4, -0.2) is 12.4 Å². The maximum atomic E-state index is 5.12. The SMILES string of the molecule is CC.CC1=CSCCO1. The fourth-order valence-electron chi connectivity index (χ4n) is 0.461. The molecule has 0 aromatic carbocycles. The number of hydrogen-bond donors (Lipinski definition) is 0. The Balaban J connectivity index is 0.000000291. The summed E-state index contributed by atoms with van der Waals surface area (Å²) >= 11 is 1.82. The van der Waals surface area contributed by atoms with Gasteiger partial charge in [-0.1, -0.05) is 13.8 Å². The van der Waals surface area contributed by atoms with Gasteiger partial charge in [-0.2, -0.15) is 0 Å². The zero-order chi connectivity index (χ0) is 7.11. The Morgan fingerprint density at radius 2 is 2.22 bits per heavy atom. The van der Waals surface area contributed by atoms with E-state index in [0.717, 1.165) is 18.1 Å². The first-order valence-corrected chi connectivity index (χ1v) is 4.35. The molecule has 0 bridgehead atoms. The molecule has 0 N–H and O–H groups in total. The molecule has 1 aliphatic heterocycles. The Morgan fingerprint density at radius 1 is 1.56 bits per heavy atom. The first-order chi connectivity index (χ1) is 4.39. The van der Waals surface area contributed by atoms with Crippen LogP contribution in [0.4, 0.5) is 0 Å². The lowest BCUT2D eigenvalue weighted by atomic mass is 10.6. The van der Waals surface area contributed by atoms with Crippen LogP contribution in [0.25, 0.3) is 0 Å². The van der Waals surface area contributed by atoms with Crippen LogP contribution in [-0.2, 0) is 4.74 Å². The smallest absolute Gasteiger partial charge is 0.0992 e. The van der Waals surface area contributed by atoms with Crippen molar-refractivity contribution in [2.45, 2.75) is 20.8 Å². The van der Waals surface area contributed by atoms with Crippen LogP contribution in [0.15, 0.2) is 11.2 Å². The molecular weight excluding hydrogens is 132 g/mol. The summed E-state index contributed by atoms with van der Waals surface area (Å²) in [6.45, 7) is 6.86. The van der Waals surface area contributed by atoms with Crippen molar-refractivity contribution in [3.63, 3.8) is 0 Å². The van der Waals surface area contributed by atoms with Gasteiger partial charge in [-0.05, 0) is 6.92 Å². The Bertz CT molecular complexity index is 88.9. The van der Waals surface area contributed by atoms with E-state index in [2.05, 4.69) is 0 Å². The molecule has 1 rings (SSSR count). The minimum atomic E-state index is 0.882. The Labute approximate surface area is 61.5 Å². The highest BCUT2D eigenvalue weighted by Crippen LogP contribution is 2.13. The van der Waals surface area contributed by atoms with Gasteiger partial charge in [0.2, 0.25) is 0 Å². The predicted octanol–water partition coefficient (Wildman–Crippen LogP) is 2.64. The third-order valence-corrected chi connectivity index (χ3v) is 1.68.